The van der Waals surface area contributed by atoms with Gasteiger partial charge in [-0.25, -0.2) is 0 Å². The molecule has 0 spiro atoms. The fraction of sp³-hybridized carbons (Fsp3) is 0.176. The Balaban J connectivity index is 1.87. The molecule has 2 rings (SSSR count). The maximum atomic E-state index is 12.0. The summed E-state index contributed by atoms with van der Waals surface area (Å²) in [6.07, 6.45) is 0.793. The van der Waals surface area contributed by atoms with Crippen LogP contribution in [0.4, 0.5) is 0 Å². The summed E-state index contributed by atoms with van der Waals surface area (Å²) in [6.45, 7) is 1.78. The lowest BCUT2D eigenvalue weighted by Crippen LogP contribution is -2.44. The van der Waals surface area contributed by atoms with Gasteiger partial charge in [-0.1, -0.05) is 48.3 Å². The monoisotopic (exact) mass is 366 g/mol. The Morgan fingerprint density at radius 2 is 1.83 bits per heavy atom. The van der Waals surface area contributed by atoms with Crippen LogP contribution in [0.2, 0.25) is 10.0 Å². The molecule has 0 saturated carbocycles. The molecule has 0 bridgehead atoms. The average molecular weight is 367 g/mol. The van der Waals surface area contributed by atoms with Crippen LogP contribution in [0.1, 0.15) is 22.8 Å². The highest BCUT2D eigenvalue weighted by Gasteiger charge is 2.12. The lowest BCUT2D eigenvalue weighted by Gasteiger charge is -2.11. The number of hydrazine groups is 1. The van der Waals surface area contributed by atoms with Crippen LogP contribution in [-0.2, 0) is 11.2 Å². The minimum absolute atomic E-state index is 0.168. The van der Waals surface area contributed by atoms with E-state index in [1.165, 1.54) is 12.1 Å². The van der Waals surface area contributed by atoms with Crippen molar-refractivity contribution in [2.75, 3.05) is 6.61 Å². The van der Waals surface area contributed by atoms with Crippen LogP contribution in [-0.4, -0.2) is 18.4 Å². The van der Waals surface area contributed by atoms with Crippen molar-refractivity contribution in [3.8, 4) is 5.75 Å². The Morgan fingerprint density at radius 1 is 1.08 bits per heavy atom. The van der Waals surface area contributed by atoms with Gasteiger partial charge >= 0.3 is 0 Å². The number of carbonyl (C=O) groups is 2. The number of carbonyl (C=O) groups excluding carboxylic acids is 2. The Hall–Kier alpha value is -2.24. The van der Waals surface area contributed by atoms with Crippen LogP contribution < -0.4 is 15.6 Å². The molecule has 126 valence electrons. The van der Waals surface area contributed by atoms with Crippen molar-refractivity contribution >= 4 is 35.0 Å². The number of amides is 2. The van der Waals surface area contributed by atoms with Crippen LogP contribution in [0, 0.1) is 0 Å². The molecule has 2 N–H and O–H groups in total. The first-order valence-corrected chi connectivity index (χ1v) is 8.01. The molecular weight excluding hydrogens is 351 g/mol. The molecule has 0 atom stereocenters. The largest absolute Gasteiger partial charge is 0.483 e. The van der Waals surface area contributed by atoms with Crippen LogP contribution in [0.3, 0.4) is 0 Å². The third-order valence-electron chi connectivity index (χ3n) is 3.20. The quantitative estimate of drug-likeness (QED) is 0.796. The van der Waals surface area contributed by atoms with E-state index in [4.69, 9.17) is 27.9 Å². The number of hydrogen-bond donors (Lipinski definition) is 2. The third kappa shape index (κ3) is 4.88. The van der Waals surface area contributed by atoms with Gasteiger partial charge in [0.15, 0.2) is 6.61 Å². The molecule has 0 aromatic heterocycles. The molecule has 2 aromatic carbocycles. The molecule has 0 radical (unpaired) electrons. The first kappa shape index (κ1) is 18.1. The predicted molar refractivity (Wildman–Crippen MR) is 93.4 cm³/mol. The van der Waals surface area contributed by atoms with Gasteiger partial charge in [-0.05, 0) is 36.2 Å². The highest BCUT2D eigenvalue weighted by atomic mass is 35.5. The minimum Gasteiger partial charge on any atom is -0.483 e. The summed E-state index contributed by atoms with van der Waals surface area (Å²) in [5.41, 5.74) is 5.71. The van der Waals surface area contributed by atoms with Gasteiger partial charge in [0, 0.05) is 5.02 Å². The van der Waals surface area contributed by atoms with Crippen molar-refractivity contribution in [3.05, 3.63) is 63.6 Å². The van der Waals surface area contributed by atoms with Crippen LogP contribution in [0.25, 0.3) is 0 Å². The van der Waals surface area contributed by atoms with Gasteiger partial charge in [0.1, 0.15) is 5.75 Å². The summed E-state index contributed by atoms with van der Waals surface area (Å²) < 4.78 is 5.46. The maximum Gasteiger partial charge on any atom is 0.276 e. The van der Waals surface area contributed by atoms with Crippen molar-refractivity contribution in [1.82, 2.24) is 10.9 Å². The molecule has 0 aliphatic heterocycles. The second kappa shape index (κ2) is 8.57. The lowest BCUT2D eigenvalue weighted by molar-refractivity contribution is -0.123. The van der Waals surface area contributed by atoms with E-state index < -0.39 is 11.8 Å². The van der Waals surface area contributed by atoms with E-state index in [0.717, 1.165) is 12.0 Å². The second-order valence-electron chi connectivity index (χ2n) is 4.88. The van der Waals surface area contributed by atoms with Crippen LogP contribution in [0.15, 0.2) is 42.5 Å². The van der Waals surface area contributed by atoms with Gasteiger partial charge in [0.05, 0.1) is 10.6 Å². The fourth-order valence-electron chi connectivity index (χ4n) is 1.98. The van der Waals surface area contributed by atoms with Gasteiger partial charge in [0.2, 0.25) is 0 Å². The Labute approximate surface area is 149 Å². The Kier molecular flexibility index (Phi) is 6.46. The smallest absolute Gasteiger partial charge is 0.276 e. The molecule has 7 heteroatoms. The number of halogens is 2. The summed E-state index contributed by atoms with van der Waals surface area (Å²) in [7, 11) is 0. The molecule has 0 heterocycles. The van der Waals surface area contributed by atoms with Gasteiger partial charge in [-0.2, -0.15) is 0 Å². The van der Waals surface area contributed by atoms with Crippen molar-refractivity contribution in [2.24, 2.45) is 0 Å². The maximum absolute atomic E-state index is 12.0. The molecule has 2 aromatic rings. The summed E-state index contributed by atoms with van der Waals surface area (Å²) in [5.74, 6) is -0.420. The van der Waals surface area contributed by atoms with Crippen molar-refractivity contribution in [1.29, 1.82) is 0 Å². The first-order chi connectivity index (χ1) is 11.5. The van der Waals surface area contributed by atoms with E-state index >= 15 is 0 Å². The van der Waals surface area contributed by atoms with E-state index in [9.17, 15) is 9.59 Å². The minimum atomic E-state index is -0.565. The number of rotatable bonds is 5. The number of hydrogen-bond acceptors (Lipinski definition) is 3. The zero-order chi connectivity index (χ0) is 17.5. The highest BCUT2D eigenvalue weighted by Crippen LogP contribution is 2.20. The van der Waals surface area contributed by atoms with Gasteiger partial charge in [-0.15, -0.1) is 0 Å². The molecule has 2 amide bonds. The van der Waals surface area contributed by atoms with Crippen LogP contribution in [0.5, 0.6) is 5.75 Å². The molecule has 0 aliphatic carbocycles. The second-order valence-corrected chi connectivity index (χ2v) is 5.72. The molecule has 0 saturated heterocycles. The topological polar surface area (TPSA) is 67.4 Å². The number of benzene rings is 2. The van der Waals surface area contributed by atoms with E-state index in [2.05, 4.69) is 10.9 Å². The highest BCUT2D eigenvalue weighted by molar-refractivity contribution is 6.35. The Bertz CT molecular complexity index is 750. The molecule has 5 nitrogen and oxygen atoms in total. The van der Waals surface area contributed by atoms with Gasteiger partial charge in [0.25, 0.3) is 11.8 Å². The van der Waals surface area contributed by atoms with Crippen LogP contribution >= 0.6 is 23.2 Å². The summed E-state index contributed by atoms with van der Waals surface area (Å²) >= 11 is 11.7. The lowest BCUT2D eigenvalue weighted by atomic mass is 10.1. The zero-order valence-electron chi connectivity index (χ0n) is 12.9. The standard InChI is InChI=1S/C17H16Cl2N2O3/c1-2-11-5-3-4-6-15(11)24-10-16(22)20-21-17(23)13-9-12(18)7-8-14(13)19/h3-9H,2,10H2,1H3,(H,20,22)(H,21,23). The average Bonchev–Trinajstić information content (AvgIpc) is 2.60. The Morgan fingerprint density at radius 3 is 2.58 bits per heavy atom. The van der Waals surface area contributed by atoms with E-state index in [-0.39, 0.29) is 17.2 Å². The molecule has 0 unspecified atom stereocenters. The normalized spacial score (nSPS) is 10.1. The van der Waals surface area contributed by atoms with E-state index in [0.29, 0.717) is 10.8 Å². The third-order valence-corrected chi connectivity index (χ3v) is 3.77. The zero-order valence-corrected chi connectivity index (χ0v) is 14.4. The van der Waals surface area contributed by atoms with Crippen molar-refractivity contribution in [2.45, 2.75) is 13.3 Å². The summed E-state index contributed by atoms with van der Waals surface area (Å²) in [6, 6.07) is 11.9. The number of aryl methyl sites for hydroxylation is 1. The van der Waals surface area contributed by atoms with E-state index in [1.54, 1.807) is 12.1 Å². The number of nitrogens with one attached hydrogen (secondary N) is 2. The predicted octanol–water partition coefficient (Wildman–Crippen LogP) is 3.40. The molecule has 0 aliphatic rings. The van der Waals surface area contributed by atoms with E-state index in [1.807, 2.05) is 25.1 Å². The number of ether oxygens (including phenoxy) is 1. The summed E-state index contributed by atoms with van der Waals surface area (Å²) in [5, 5.41) is 0.606. The van der Waals surface area contributed by atoms with Crippen molar-refractivity contribution < 1.29 is 14.3 Å². The van der Waals surface area contributed by atoms with Crippen molar-refractivity contribution in [3.63, 3.8) is 0 Å². The molecule has 24 heavy (non-hydrogen) atoms. The first-order valence-electron chi connectivity index (χ1n) is 7.26. The summed E-state index contributed by atoms with van der Waals surface area (Å²) in [4.78, 5) is 23.8. The number of para-hydroxylation sites is 1. The SMILES string of the molecule is CCc1ccccc1OCC(=O)NNC(=O)c1cc(Cl)ccc1Cl. The fourth-order valence-corrected chi connectivity index (χ4v) is 2.36. The molecular formula is C17H16Cl2N2O3. The molecule has 0 fully saturated rings. The van der Waals surface area contributed by atoms with Gasteiger partial charge < -0.3 is 4.74 Å². The van der Waals surface area contributed by atoms with Gasteiger partial charge in [-0.3, -0.25) is 20.4 Å².